The molecule has 0 atom stereocenters. The van der Waals surface area contributed by atoms with E-state index in [1.165, 1.54) is 11.8 Å². The number of hydrogen-bond donors (Lipinski definition) is 3. The van der Waals surface area contributed by atoms with E-state index in [0.29, 0.717) is 5.75 Å². The number of aromatic nitrogens is 2. The molecule has 1 aromatic heterocycles. The van der Waals surface area contributed by atoms with Crippen LogP contribution in [-0.4, -0.2) is 21.6 Å². The van der Waals surface area contributed by atoms with E-state index >= 15 is 0 Å². The van der Waals surface area contributed by atoms with Crippen molar-refractivity contribution < 1.29 is 4.79 Å². The Balaban J connectivity index is 1.31. The number of fused-ring (bicyclic) bond motifs is 1. The highest BCUT2D eigenvalue weighted by molar-refractivity contribution is 7.99. The predicted octanol–water partition coefficient (Wildman–Crippen LogP) is 5.04. The predicted molar refractivity (Wildman–Crippen MR) is 112 cm³/mol. The van der Waals surface area contributed by atoms with Crippen molar-refractivity contribution in [3.05, 3.63) is 78.9 Å². The second-order valence-electron chi connectivity index (χ2n) is 5.96. The number of benzene rings is 3. The van der Waals surface area contributed by atoms with Gasteiger partial charge in [0.25, 0.3) is 0 Å². The van der Waals surface area contributed by atoms with Crippen LogP contribution in [0.25, 0.3) is 11.0 Å². The third-order valence-electron chi connectivity index (χ3n) is 3.94. The Labute approximate surface area is 161 Å². The minimum atomic E-state index is -0.0655. The SMILES string of the molecule is O=C(CSc1nc2ccccc2[nH]1)Nc1ccc(Nc2ccccc2)cc1. The van der Waals surface area contributed by atoms with Crippen LogP contribution >= 0.6 is 11.8 Å². The molecule has 0 radical (unpaired) electrons. The molecule has 0 aliphatic rings. The Morgan fingerprint density at radius 3 is 2.30 bits per heavy atom. The first-order valence-corrected chi connectivity index (χ1v) is 9.54. The molecule has 134 valence electrons. The van der Waals surface area contributed by atoms with Crippen LogP contribution < -0.4 is 10.6 Å². The number of anilines is 3. The molecule has 3 N–H and O–H groups in total. The maximum atomic E-state index is 12.2. The molecule has 0 aliphatic heterocycles. The van der Waals surface area contributed by atoms with Gasteiger partial charge in [0.15, 0.2) is 5.16 Å². The lowest BCUT2D eigenvalue weighted by Gasteiger charge is -2.08. The number of carbonyl (C=O) groups excluding carboxylic acids is 1. The fourth-order valence-electron chi connectivity index (χ4n) is 2.65. The molecule has 0 saturated carbocycles. The molecule has 5 nitrogen and oxygen atoms in total. The molecule has 4 rings (SSSR count). The molecule has 0 aliphatic carbocycles. The van der Waals surface area contributed by atoms with Crippen LogP contribution in [0, 0.1) is 0 Å². The van der Waals surface area contributed by atoms with Crippen LogP contribution in [-0.2, 0) is 4.79 Å². The fraction of sp³-hybridized carbons (Fsp3) is 0.0476. The van der Waals surface area contributed by atoms with Gasteiger partial charge in [-0.15, -0.1) is 0 Å². The van der Waals surface area contributed by atoms with Gasteiger partial charge in [-0.2, -0.15) is 0 Å². The quantitative estimate of drug-likeness (QED) is 0.414. The van der Waals surface area contributed by atoms with Gasteiger partial charge in [-0.3, -0.25) is 4.79 Å². The number of rotatable bonds is 6. The first kappa shape index (κ1) is 17.2. The zero-order valence-electron chi connectivity index (χ0n) is 14.5. The van der Waals surface area contributed by atoms with E-state index < -0.39 is 0 Å². The minimum Gasteiger partial charge on any atom is -0.356 e. The van der Waals surface area contributed by atoms with Crippen molar-refractivity contribution in [2.75, 3.05) is 16.4 Å². The zero-order chi connectivity index (χ0) is 18.5. The molecule has 0 fully saturated rings. The third-order valence-corrected chi connectivity index (χ3v) is 4.81. The number of thioether (sulfide) groups is 1. The average Bonchev–Trinajstić information content (AvgIpc) is 3.12. The normalized spacial score (nSPS) is 10.7. The van der Waals surface area contributed by atoms with E-state index in [1.54, 1.807) is 0 Å². The summed E-state index contributed by atoms with van der Waals surface area (Å²) in [5, 5.41) is 6.97. The van der Waals surface area contributed by atoms with Crippen LogP contribution in [0.15, 0.2) is 84.0 Å². The molecule has 0 unspecified atom stereocenters. The summed E-state index contributed by atoms with van der Waals surface area (Å²) in [6.45, 7) is 0. The van der Waals surface area contributed by atoms with Gasteiger partial charge in [0, 0.05) is 17.1 Å². The molecule has 4 aromatic rings. The van der Waals surface area contributed by atoms with Gasteiger partial charge in [-0.1, -0.05) is 42.1 Å². The summed E-state index contributed by atoms with van der Waals surface area (Å²) in [6.07, 6.45) is 0. The second kappa shape index (κ2) is 7.97. The lowest BCUT2D eigenvalue weighted by molar-refractivity contribution is -0.113. The number of imidazole rings is 1. The molecular formula is C21H18N4OS. The number of nitrogens with one attached hydrogen (secondary N) is 3. The molecule has 27 heavy (non-hydrogen) atoms. The van der Waals surface area contributed by atoms with E-state index in [4.69, 9.17) is 0 Å². The summed E-state index contributed by atoms with van der Waals surface area (Å²) < 4.78 is 0. The topological polar surface area (TPSA) is 69.8 Å². The molecule has 1 amide bonds. The van der Waals surface area contributed by atoms with Crippen molar-refractivity contribution in [1.82, 2.24) is 9.97 Å². The third kappa shape index (κ3) is 4.48. The second-order valence-corrected chi connectivity index (χ2v) is 6.93. The van der Waals surface area contributed by atoms with Gasteiger partial charge in [-0.25, -0.2) is 4.98 Å². The Bertz CT molecular complexity index is 1010. The monoisotopic (exact) mass is 374 g/mol. The van der Waals surface area contributed by atoms with Crippen molar-refractivity contribution >= 4 is 45.8 Å². The zero-order valence-corrected chi connectivity index (χ0v) is 15.3. The molecule has 1 heterocycles. The van der Waals surface area contributed by atoms with Crippen molar-refractivity contribution in [3.63, 3.8) is 0 Å². The first-order valence-electron chi connectivity index (χ1n) is 8.56. The van der Waals surface area contributed by atoms with Crippen LogP contribution in [0.4, 0.5) is 17.1 Å². The number of para-hydroxylation sites is 3. The number of nitrogens with zero attached hydrogens (tertiary/aromatic N) is 1. The molecule has 3 aromatic carbocycles. The Kier molecular flexibility index (Phi) is 5.07. The van der Waals surface area contributed by atoms with Crippen molar-refractivity contribution in [3.8, 4) is 0 Å². The van der Waals surface area contributed by atoms with Gasteiger partial charge in [0.2, 0.25) is 5.91 Å². The fourth-order valence-corrected chi connectivity index (χ4v) is 3.34. The van der Waals surface area contributed by atoms with Gasteiger partial charge < -0.3 is 15.6 Å². The highest BCUT2D eigenvalue weighted by Crippen LogP contribution is 2.21. The standard InChI is InChI=1S/C21H18N4OS/c26-20(14-27-21-24-18-8-4-5-9-19(18)25-21)23-17-12-10-16(11-13-17)22-15-6-2-1-3-7-15/h1-13,22H,14H2,(H,23,26)(H,24,25). The van der Waals surface area contributed by atoms with E-state index in [2.05, 4.69) is 20.6 Å². The van der Waals surface area contributed by atoms with Gasteiger partial charge in [0.05, 0.1) is 16.8 Å². The number of amides is 1. The van der Waals surface area contributed by atoms with Crippen molar-refractivity contribution in [2.45, 2.75) is 5.16 Å². The summed E-state index contributed by atoms with van der Waals surface area (Å²) in [7, 11) is 0. The molecule has 0 saturated heterocycles. The van der Waals surface area contributed by atoms with E-state index in [9.17, 15) is 4.79 Å². The number of carbonyl (C=O) groups is 1. The largest absolute Gasteiger partial charge is 0.356 e. The highest BCUT2D eigenvalue weighted by atomic mass is 32.2. The van der Waals surface area contributed by atoms with Crippen LogP contribution in [0.3, 0.4) is 0 Å². The number of H-pyrrole nitrogens is 1. The maximum Gasteiger partial charge on any atom is 0.234 e. The van der Waals surface area contributed by atoms with Gasteiger partial charge >= 0.3 is 0 Å². The Hall–Kier alpha value is -3.25. The summed E-state index contributed by atoms with van der Waals surface area (Å²) in [5.41, 5.74) is 4.64. The van der Waals surface area contributed by atoms with E-state index in [-0.39, 0.29) is 5.91 Å². The van der Waals surface area contributed by atoms with Gasteiger partial charge in [0.1, 0.15) is 0 Å². The lowest BCUT2D eigenvalue weighted by atomic mass is 10.2. The Morgan fingerprint density at radius 2 is 1.52 bits per heavy atom. The molecule has 6 heteroatoms. The molecular weight excluding hydrogens is 356 g/mol. The summed E-state index contributed by atoms with van der Waals surface area (Å²) >= 11 is 1.39. The number of hydrogen-bond acceptors (Lipinski definition) is 4. The Morgan fingerprint density at radius 1 is 0.852 bits per heavy atom. The van der Waals surface area contributed by atoms with Crippen molar-refractivity contribution in [2.24, 2.45) is 0 Å². The van der Waals surface area contributed by atoms with Crippen LogP contribution in [0.2, 0.25) is 0 Å². The first-order chi connectivity index (χ1) is 13.3. The van der Waals surface area contributed by atoms with Crippen molar-refractivity contribution in [1.29, 1.82) is 0 Å². The minimum absolute atomic E-state index is 0.0655. The van der Waals surface area contributed by atoms with Crippen LogP contribution in [0.5, 0.6) is 0 Å². The number of aromatic amines is 1. The summed E-state index contributed by atoms with van der Waals surface area (Å²) in [5.74, 6) is 0.230. The summed E-state index contributed by atoms with van der Waals surface area (Å²) in [6, 6.07) is 25.4. The maximum absolute atomic E-state index is 12.2. The van der Waals surface area contributed by atoms with Crippen LogP contribution in [0.1, 0.15) is 0 Å². The highest BCUT2D eigenvalue weighted by Gasteiger charge is 2.07. The van der Waals surface area contributed by atoms with E-state index in [0.717, 1.165) is 33.3 Å². The average molecular weight is 374 g/mol. The van der Waals surface area contributed by atoms with E-state index in [1.807, 2.05) is 78.9 Å². The molecule has 0 bridgehead atoms. The summed E-state index contributed by atoms with van der Waals surface area (Å²) in [4.78, 5) is 19.9. The molecule has 0 spiro atoms. The smallest absolute Gasteiger partial charge is 0.234 e. The van der Waals surface area contributed by atoms with Gasteiger partial charge in [-0.05, 0) is 48.5 Å². The lowest BCUT2D eigenvalue weighted by Crippen LogP contribution is -2.14.